The monoisotopic (exact) mass is 441 g/mol. The van der Waals surface area contributed by atoms with E-state index in [4.69, 9.17) is 11.6 Å². The zero-order chi connectivity index (χ0) is 20.0. The second kappa shape index (κ2) is 6.80. The van der Waals surface area contributed by atoms with Gasteiger partial charge in [-0.3, -0.25) is 14.2 Å². The zero-order valence-electron chi connectivity index (χ0n) is 14.6. The van der Waals surface area contributed by atoms with Crippen molar-refractivity contribution in [1.29, 1.82) is 0 Å². The molecule has 2 N–H and O–H groups in total. The fourth-order valence-corrected chi connectivity index (χ4v) is 5.18. The lowest BCUT2D eigenvalue weighted by molar-refractivity contribution is 0.0946. The fourth-order valence-electron chi connectivity index (χ4n) is 3.50. The van der Waals surface area contributed by atoms with Crippen LogP contribution in [0.1, 0.15) is 21.6 Å². The molecule has 29 heavy (non-hydrogen) atoms. The largest absolute Gasteiger partial charge is 0.336 e. The smallest absolute Gasteiger partial charge is 0.277 e. The van der Waals surface area contributed by atoms with Crippen LogP contribution in [0.5, 0.6) is 0 Å². The first-order valence-electron chi connectivity index (χ1n) is 8.48. The molecule has 0 aromatic carbocycles. The van der Waals surface area contributed by atoms with Crippen LogP contribution < -0.4 is 16.2 Å². The third kappa shape index (κ3) is 2.70. The summed E-state index contributed by atoms with van der Waals surface area (Å²) in [5.41, 5.74) is 0.344. The number of thiophene rings is 2. The third-order valence-electron chi connectivity index (χ3n) is 4.72. The van der Waals surface area contributed by atoms with Gasteiger partial charge in [0.25, 0.3) is 11.5 Å². The van der Waals surface area contributed by atoms with Gasteiger partial charge < -0.3 is 10.6 Å². The lowest BCUT2D eigenvalue weighted by atomic mass is 9.96. The van der Waals surface area contributed by atoms with E-state index < -0.39 is 17.1 Å². The average Bonchev–Trinajstić information content (AvgIpc) is 3.47. The predicted molar refractivity (Wildman–Crippen MR) is 113 cm³/mol. The molecule has 5 heterocycles. The highest BCUT2D eigenvalue weighted by molar-refractivity contribution is 7.08. The van der Waals surface area contributed by atoms with Gasteiger partial charge in [0, 0.05) is 17.3 Å². The van der Waals surface area contributed by atoms with E-state index in [0.29, 0.717) is 5.82 Å². The van der Waals surface area contributed by atoms with Gasteiger partial charge in [-0.2, -0.15) is 22.7 Å². The number of carbonyl (C=O) groups excluding carboxylic acids is 1. The normalized spacial score (nSPS) is 14.4. The number of carbonyl (C=O) groups is 1. The first-order valence-corrected chi connectivity index (χ1v) is 10.7. The maximum Gasteiger partial charge on any atom is 0.277 e. The summed E-state index contributed by atoms with van der Waals surface area (Å²) in [6, 6.07) is 6.87. The molecular weight excluding hydrogens is 430 g/mol. The number of hydrogen-bond acceptors (Lipinski definition) is 7. The summed E-state index contributed by atoms with van der Waals surface area (Å²) >= 11 is 9.44. The lowest BCUT2D eigenvalue weighted by Crippen LogP contribution is -2.49. The highest BCUT2D eigenvalue weighted by atomic mass is 35.5. The molecule has 7 nitrogen and oxygen atoms in total. The number of amides is 1. The standard InChI is InChI=1S/C19H12ClN5O2S2/c20-13-7-14(23-15-1-4-21-10-22-15)18(27)25-16(13)17(26)24-19(25,11-2-5-28-8-11)12-3-6-29-9-12/h1-10H,(H,24,26)(H,21,22,23). The molecule has 0 bridgehead atoms. The Morgan fingerprint density at radius 3 is 2.41 bits per heavy atom. The summed E-state index contributed by atoms with van der Waals surface area (Å²) < 4.78 is 1.44. The van der Waals surface area contributed by atoms with E-state index >= 15 is 0 Å². The van der Waals surface area contributed by atoms with E-state index in [1.165, 1.54) is 39.6 Å². The van der Waals surface area contributed by atoms with Gasteiger partial charge in [0.15, 0.2) is 5.66 Å². The molecule has 4 aromatic heterocycles. The van der Waals surface area contributed by atoms with Crippen molar-refractivity contribution >= 4 is 51.7 Å². The molecule has 4 aromatic rings. The minimum Gasteiger partial charge on any atom is -0.336 e. The fraction of sp³-hybridized carbons (Fsp3) is 0.0526. The number of nitrogens with one attached hydrogen (secondary N) is 2. The molecule has 0 unspecified atom stereocenters. The minimum absolute atomic E-state index is 0.127. The summed E-state index contributed by atoms with van der Waals surface area (Å²) in [4.78, 5) is 34.5. The highest BCUT2D eigenvalue weighted by Crippen LogP contribution is 2.40. The molecule has 0 saturated heterocycles. The van der Waals surface area contributed by atoms with Crippen molar-refractivity contribution in [2.45, 2.75) is 5.66 Å². The lowest BCUT2D eigenvalue weighted by Gasteiger charge is -2.31. The van der Waals surface area contributed by atoms with Crippen molar-refractivity contribution in [2.24, 2.45) is 0 Å². The van der Waals surface area contributed by atoms with E-state index in [2.05, 4.69) is 20.6 Å². The van der Waals surface area contributed by atoms with E-state index in [-0.39, 0.29) is 16.4 Å². The van der Waals surface area contributed by atoms with Gasteiger partial charge in [0.05, 0.1) is 5.02 Å². The molecule has 0 radical (unpaired) electrons. The van der Waals surface area contributed by atoms with Crippen LogP contribution >= 0.6 is 34.3 Å². The Labute approximate surface area is 177 Å². The number of aromatic nitrogens is 3. The highest BCUT2D eigenvalue weighted by Gasteiger charge is 2.48. The topological polar surface area (TPSA) is 88.9 Å². The molecular formula is C19H12ClN5O2S2. The maximum atomic E-state index is 13.6. The number of rotatable bonds is 4. The van der Waals surface area contributed by atoms with Crippen LogP contribution in [0.25, 0.3) is 0 Å². The average molecular weight is 442 g/mol. The van der Waals surface area contributed by atoms with Gasteiger partial charge >= 0.3 is 0 Å². The molecule has 1 amide bonds. The summed E-state index contributed by atoms with van der Waals surface area (Å²) in [6.07, 6.45) is 2.94. The molecule has 0 spiro atoms. The van der Waals surface area contributed by atoms with Gasteiger partial charge in [-0.15, -0.1) is 0 Å². The minimum atomic E-state index is -1.17. The summed E-state index contributed by atoms with van der Waals surface area (Å²) in [7, 11) is 0. The first-order chi connectivity index (χ1) is 14.1. The van der Waals surface area contributed by atoms with Crippen LogP contribution in [-0.4, -0.2) is 20.4 Å². The van der Waals surface area contributed by atoms with Crippen molar-refractivity contribution in [1.82, 2.24) is 19.9 Å². The van der Waals surface area contributed by atoms with Crippen molar-refractivity contribution in [3.05, 3.63) is 90.5 Å². The van der Waals surface area contributed by atoms with Crippen LogP contribution in [0, 0.1) is 0 Å². The van der Waals surface area contributed by atoms with E-state index in [0.717, 1.165) is 11.1 Å². The molecule has 1 aliphatic rings. The molecule has 0 atom stereocenters. The van der Waals surface area contributed by atoms with Crippen LogP contribution in [0.2, 0.25) is 5.02 Å². The molecule has 5 rings (SSSR count). The van der Waals surface area contributed by atoms with Crippen molar-refractivity contribution in [3.8, 4) is 0 Å². The Morgan fingerprint density at radius 1 is 1.10 bits per heavy atom. The number of halogens is 1. The van der Waals surface area contributed by atoms with Crippen LogP contribution in [0.15, 0.2) is 63.1 Å². The Bertz CT molecular complexity index is 1220. The number of fused-ring (bicyclic) bond motifs is 1. The Morgan fingerprint density at radius 2 is 1.83 bits per heavy atom. The molecule has 0 saturated carbocycles. The van der Waals surface area contributed by atoms with Gasteiger partial charge in [0.2, 0.25) is 0 Å². The first kappa shape index (κ1) is 18.0. The maximum absolute atomic E-state index is 13.6. The Hall–Kier alpha value is -3.01. The third-order valence-corrected chi connectivity index (χ3v) is 6.38. The van der Waals surface area contributed by atoms with Crippen LogP contribution in [0.4, 0.5) is 11.5 Å². The van der Waals surface area contributed by atoms with Crippen molar-refractivity contribution < 1.29 is 4.79 Å². The Balaban J connectivity index is 1.80. The quantitative estimate of drug-likeness (QED) is 0.504. The van der Waals surface area contributed by atoms with E-state index in [1.54, 1.807) is 12.3 Å². The summed E-state index contributed by atoms with van der Waals surface area (Å²) in [6.45, 7) is 0. The van der Waals surface area contributed by atoms with Crippen LogP contribution in [-0.2, 0) is 5.66 Å². The molecule has 0 aliphatic carbocycles. The molecule has 10 heteroatoms. The van der Waals surface area contributed by atoms with Crippen molar-refractivity contribution in [3.63, 3.8) is 0 Å². The second-order valence-electron chi connectivity index (χ2n) is 6.30. The predicted octanol–water partition coefficient (Wildman–Crippen LogP) is 3.65. The SMILES string of the molecule is O=C1NC(c2ccsc2)(c2ccsc2)n2c1c(Cl)cc(Nc1ccncn1)c2=O. The van der Waals surface area contributed by atoms with Gasteiger partial charge in [0.1, 0.15) is 23.5 Å². The molecule has 144 valence electrons. The number of anilines is 2. The number of hydrogen-bond donors (Lipinski definition) is 2. The molecule has 0 fully saturated rings. The van der Waals surface area contributed by atoms with Gasteiger partial charge in [-0.05, 0) is 45.8 Å². The second-order valence-corrected chi connectivity index (χ2v) is 8.27. The van der Waals surface area contributed by atoms with E-state index in [1.807, 2.05) is 33.7 Å². The van der Waals surface area contributed by atoms with Gasteiger partial charge in [-0.1, -0.05) is 11.6 Å². The number of pyridine rings is 1. The molecule has 1 aliphatic heterocycles. The van der Waals surface area contributed by atoms with E-state index in [9.17, 15) is 9.59 Å². The number of nitrogens with zero attached hydrogens (tertiary/aromatic N) is 3. The zero-order valence-corrected chi connectivity index (χ0v) is 17.0. The van der Waals surface area contributed by atoms with Gasteiger partial charge in [-0.25, -0.2) is 9.97 Å². The summed E-state index contributed by atoms with van der Waals surface area (Å²) in [5.74, 6) is 0.0424. The van der Waals surface area contributed by atoms with Crippen molar-refractivity contribution in [2.75, 3.05) is 5.32 Å². The van der Waals surface area contributed by atoms with Crippen LogP contribution in [0.3, 0.4) is 0 Å². The Kier molecular flexibility index (Phi) is 4.23. The summed E-state index contributed by atoms with van der Waals surface area (Å²) in [5, 5.41) is 13.8.